The molecule has 0 radical (unpaired) electrons. The summed E-state index contributed by atoms with van der Waals surface area (Å²) in [5, 5.41) is 0. The first kappa shape index (κ1) is 15.1. The zero-order valence-electron chi connectivity index (χ0n) is 12.1. The fourth-order valence-electron chi connectivity index (χ4n) is 2.09. The lowest BCUT2D eigenvalue weighted by Crippen LogP contribution is -1.97. The van der Waals surface area contributed by atoms with Crippen molar-refractivity contribution in [2.24, 2.45) is 0 Å². The Labute approximate surface area is 113 Å². The van der Waals surface area contributed by atoms with E-state index in [1.54, 1.807) is 0 Å². The molecule has 18 heavy (non-hydrogen) atoms. The predicted molar refractivity (Wildman–Crippen MR) is 79.3 cm³/mol. The van der Waals surface area contributed by atoms with Gasteiger partial charge in [0.15, 0.2) is 0 Å². The van der Waals surface area contributed by atoms with Crippen LogP contribution in [0.4, 0.5) is 0 Å². The Bertz CT molecular complexity index is 306. The van der Waals surface area contributed by atoms with Gasteiger partial charge in [0.1, 0.15) is 5.75 Å². The molecular formula is C17H28O. The molecule has 0 bridgehead atoms. The van der Waals surface area contributed by atoms with Crippen molar-refractivity contribution in [1.82, 2.24) is 0 Å². The van der Waals surface area contributed by atoms with Crippen molar-refractivity contribution in [3.05, 3.63) is 29.8 Å². The Kier molecular flexibility index (Phi) is 8.37. The average molecular weight is 248 g/mol. The third-order valence-electron chi connectivity index (χ3n) is 3.23. The molecule has 0 fully saturated rings. The highest BCUT2D eigenvalue weighted by atomic mass is 16.5. The third-order valence-corrected chi connectivity index (χ3v) is 3.23. The lowest BCUT2D eigenvalue weighted by Gasteiger charge is -2.08. The van der Waals surface area contributed by atoms with Crippen molar-refractivity contribution in [2.45, 2.75) is 65.2 Å². The Morgan fingerprint density at radius 2 is 1.67 bits per heavy atom. The summed E-state index contributed by atoms with van der Waals surface area (Å²) in [7, 11) is 0. The van der Waals surface area contributed by atoms with E-state index in [9.17, 15) is 0 Å². The van der Waals surface area contributed by atoms with Crippen LogP contribution in [0.25, 0.3) is 0 Å². The molecule has 0 N–H and O–H groups in total. The second-order valence-electron chi connectivity index (χ2n) is 5.01. The average Bonchev–Trinajstić information content (AvgIpc) is 2.39. The molecule has 0 saturated heterocycles. The number of rotatable bonds is 10. The molecule has 0 aliphatic rings. The Hall–Kier alpha value is -0.980. The van der Waals surface area contributed by atoms with Crippen molar-refractivity contribution in [2.75, 3.05) is 6.61 Å². The maximum Gasteiger partial charge on any atom is 0.119 e. The minimum absolute atomic E-state index is 0.860. The number of unbranched alkanes of at least 4 members (excludes halogenated alkanes) is 5. The predicted octanol–water partition coefficient (Wildman–Crippen LogP) is 5.38. The summed E-state index contributed by atoms with van der Waals surface area (Å²) in [6.07, 6.45) is 10.1. The topological polar surface area (TPSA) is 9.23 Å². The molecule has 0 aromatic heterocycles. The second kappa shape index (κ2) is 9.99. The molecule has 1 aromatic rings. The maximum absolute atomic E-state index is 5.80. The van der Waals surface area contributed by atoms with E-state index in [0.717, 1.165) is 12.4 Å². The van der Waals surface area contributed by atoms with Gasteiger partial charge in [-0.1, -0.05) is 58.1 Å². The quantitative estimate of drug-likeness (QED) is 0.505. The molecule has 0 saturated carbocycles. The third kappa shape index (κ3) is 6.68. The Morgan fingerprint density at radius 3 is 2.44 bits per heavy atom. The molecule has 1 aromatic carbocycles. The van der Waals surface area contributed by atoms with Crippen molar-refractivity contribution in [1.29, 1.82) is 0 Å². The minimum Gasteiger partial charge on any atom is -0.494 e. The van der Waals surface area contributed by atoms with Gasteiger partial charge in [-0.25, -0.2) is 0 Å². The lowest BCUT2D eigenvalue weighted by molar-refractivity contribution is 0.305. The summed E-state index contributed by atoms with van der Waals surface area (Å²) in [5.41, 5.74) is 1.41. The van der Waals surface area contributed by atoms with Gasteiger partial charge in [0.25, 0.3) is 0 Å². The summed E-state index contributed by atoms with van der Waals surface area (Å²) in [6.45, 7) is 5.34. The van der Waals surface area contributed by atoms with Gasteiger partial charge in [-0.3, -0.25) is 0 Å². The first-order chi connectivity index (χ1) is 8.86. The number of benzene rings is 1. The summed E-state index contributed by atoms with van der Waals surface area (Å²) >= 11 is 0. The van der Waals surface area contributed by atoms with Crippen molar-refractivity contribution >= 4 is 0 Å². The zero-order chi connectivity index (χ0) is 13.1. The van der Waals surface area contributed by atoms with E-state index in [1.807, 2.05) is 0 Å². The highest BCUT2D eigenvalue weighted by molar-refractivity contribution is 5.28. The SMILES string of the molecule is CCCCCCOc1cccc(CCCCC)c1. The highest BCUT2D eigenvalue weighted by Gasteiger charge is 1.97. The number of hydrogen-bond acceptors (Lipinski definition) is 1. The van der Waals surface area contributed by atoms with Gasteiger partial charge in [-0.15, -0.1) is 0 Å². The molecule has 1 heteroatoms. The van der Waals surface area contributed by atoms with Gasteiger partial charge >= 0.3 is 0 Å². The molecule has 1 nitrogen and oxygen atoms in total. The lowest BCUT2D eigenvalue weighted by atomic mass is 10.1. The van der Waals surface area contributed by atoms with Gasteiger partial charge in [-0.2, -0.15) is 0 Å². The molecule has 0 atom stereocenters. The van der Waals surface area contributed by atoms with Crippen LogP contribution >= 0.6 is 0 Å². The van der Waals surface area contributed by atoms with Crippen LogP contribution in [0.15, 0.2) is 24.3 Å². The molecular weight excluding hydrogens is 220 g/mol. The zero-order valence-corrected chi connectivity index (χ0v) is 12.1. The fourth-order valence-corrected chi connectivity index (χ4v) is 2.09. The summed E-state index contributed by atoms with van der Waals surface area (Å²) < 4.78 is 5.80. The fraction of sp³-hybridized carbons (Fsp3) is 0.647. The smallest absolute Gasteiger partial charge is 0.119 e. The van der Waals surface area contributed by atoms with Crippen molar-refractivity contribution in [3.8, 4) is 5.75 Å². The van der Waals surface area contributed by atoms with Gasteiger partial charge < -0.3 is 4.74 Å². The number of aryl methyl sites for hydroxylation is 1. The summed E-state index contributed by atoms with van der Waals surface area (Å²) in [6, 6.07) is 8.60. The van der Waals surface area contributed by atoms with E-state index in [2.05, 4.69) is 38.1 Å². The van der Waals surface area contributed by atoms with Crippen LogP contribution in [0.2, 0.25) is 0 Å². The standard InChI is InChI=1S/C17H28O/c1-3-5-7-9-14-18-17-13-10-12-16(15-17)11-8-6-4-2/h10,12-13,15H,3-9,11,14H2,1-2H3. The molecule has 0 unspecified atom stereocenters. The van der Waals surface area contributed by atoms with E-state index >= 15 is 0 Å². The first-order valence-corrected chi connectivity index (χ1v) is 7.58. The highest BCUT2D eigenvalue weighted by Crippen LogP contribution is 2.16. The largest absolute Gasteiger partial charge is 0.494 e. The second-order valence-corrected chi connectivity index (χ2v) is 5.01. The van der Waals surface area contributed by atoms with E-state index in [-0.39, 0.29) is 0 Å². The van der Waals surface area contributed by atoms with Crippen LogP contribution in [-0.4, -0.2) is 6.61 Å². The molecule has 0 spiro atoms. The molecule has 0 amide bonds. The molecule has 0 aliphatic carbocycles. The Balaban J connectivity index is 2.26. The maximum atomic E-state index is 5.80. The molecule has 0 heterocycles. The summed E-state index contributed by atoms with van der Waals surface area (Å²) in [4.78, 5) is 0. The molecule has 1 rings (SSSR count). The monoisotopic (exact) mass is 248 g/mol. The van der Waals surface area contributed by atoms with Crippen LogP contribution in [0, 0.1) is 0 Å². The van der Waals surface area contributed by atoms with Crippen LogP contribution in [0.1, 0.15) is 64.4 Å². The first-order valence-electron chi connectivity index (χ1n) is 7.58. The van der Waals surface area contributed by atoms with Crippen LogP contribution in [0.3, 0.4) is 0 Å². The number of ether oxygens (including phenoxy) is 1. The van der Waals surface area contributed by atoms with Gasteiger partial charge in [-0.05, 0) is 37.0 Å². The van der Waals surface area contributed by atoms with Crippen LogP contribution in [0.5, 0.6) is 5.75 Å². The molecule has 102 valence electrons. The Morgan fingerprint density at radius 1 is 0.889 bits per heavy atom. The van der Waals surface area contributed by atoms with E-state index in [4.69, 9.17) is 4.74 Å². The van der Waals surface area contributed by atoms with Crippen LogP contribution in [-0.2, 0) is 6.42 Å². The van der Waals surface area contributed by atoms with Crippen molar-refractivity contribution in [3.63, 3.8) is 0 Å². The minimum atomic E-state index is 0.860. The van der Waals surface area contributed by atoms with Gasteiger partial charge in [0.2, 0.25) is 0 Å². The summed E-state index contributed by atoms with van der Waals surface area (Å²) in [5.74, 6) is 1.04. The van der Waals surface area contributed by atoms with Gasteiger partial charge in [0, 0.05) is 0 Å². The van der Waals surface area contributed by atoms with E-state index in [0.29, 0.717) is 0 Å². The van der Waals surface area contributed by atoms with Gasteiger partial charge in [0.05, 0.1) is 6.61 Å². The van der Waals surface area contributed by atoms with E-state index < -0.39 is 0 Å². The normalized spacial score (nSPS) is 10.6. The molecule has 0 aliphatic heterocycles. The van der Waals surface area contributed by atoms with E-state index in [1.165, 1.54) is 56.9 Å². The van der Waals surface area contributed by atoms with Crippen LogP contribution < -0.4 is 4.74 Å². The number of hydrogen-bond donors (Lipinski definition) is 0. The van der Waals surface area contributed by atoms with Crippen molar-refractivity contribution < 1.29 is 4.74 Å².